The Bertz CT molecular complexity index is 780. The first-order chi connectivity index (χ1) is 11.3. The maximum absolute atomic E-state index is 12.0. The largest absolute Gasteiger partial charge is 0.356 e. The molecule has 2 nitrogen and oxygen atoms in total. The number of carbonyl (C=O) groups is 1. The van der Waals surface area contributed by atoms with E-state index in [1.54, 1.807) is 0 Å². The summed E-state index contributed by atoms with van der Waals surface area (Å²) in [5, 5.41) is 5.40. The van der Waals surface area contributed by atoms with Gasteiger partial charge in [-0.15, -0.1) is 0 Å². The second kappa shape index (κ2) is 7.59. The molecule has 3 aromatic carbocycles. The molecule has 0 aromatic heterocycles. The Hall–Kier alpha value is -2.61. The van der Waals surface area contributed by atoms with Crippen molar-refractivity contribution >= 4 is 16.7 Å². The summed E-state index contributed by atoms with van der Waals surface area (Å²) in [4.78, 5) is 12.0. The molecule has 1 amide bonds. The molecule has 0 aliphatic rings. The third-order valence-electron chi connectivity index (χ3n) is 3.99. The van der Waals surface area contributed by atoms with Crippen LogP contribution in [0.5, 0.6) is 0 Å². The van der Waals surface area contributed by atoms with Crippen LogP contribution in [0, 0.1) is 0 Å². The van der Waals surface area contributed by atoms with E-state index in [4.69, 9.17) is 0 Å². The number of amides is 1. The molecular weight excluding hydrogens is 282 g/mol. The lowest BCUT2D eigenvalue weighted by molar-refractivity contribution is -0.120. The second-order valence-corrected chi connectivity index (χ2v) is 5.80. The quantitative estimate of drug-likeness (QED) is 0.682. The summed E-state index contributed by atoms with van der Waals surface area (Å²) in [6, 6.07) is 24.8. The molecule has 3 rings (SSSR count). The predicted molar refractivity (Wildman–Crippen MR) is 95.4 cm³/mol. The lowest BCUT2D eigenvalue weighted by Crippen LogP contribution is -2.26. The average Bonchev–Trinajstić information content (AvgIpc) is 2.59. The number of aryl methyl sites for hydroxylation is 1. The van der Waals surface area contributed by atoms with Gasteiger partial charge in [0.2, 0.25) is 5.91 Å². The smallest absolute Gasteiger partial charge is 0.224 e. The normalized spacial score (nSPS) is 10.6. The summed E-state index contributed by atoms with van der Waals surface area (Å²) in [5.41, 5.74) is 2.38. The van der Waals surface area contributed by atoms with Crippen molar-refractivity contribution in [2.24, 2.45) is 0 Å². The van der Waals surface area contributed by atoms with Gasteiger partial charge in [-0.1, -0.05) is 72.8 Å². The zero-order chi connectivity index (χ0) is 15.9. The molecule has 0 atom stereocenters. The van der Waals surface area contributed by atoms with Gasteiger partial charge in [0.25, 0.3) is 0 Å². The summed E-state index contributed by atoms with van der Waals surface area (Å²) in [7, 11) is 0. The van der Waals surface area contributed by atoms with E-state index < -0.39 is 0 Å². The molecule has 0 saturated carbocycles. The van der Waals surface area contributed by atoms with Crippen LogP contribution in [0.1, 0.15) is 17.5 Å². The Morgan fingerprint density at radius 1 is 0.783 bits per heavy atom. The molecule has 1 N–H and O–H groups in total. The predicted octanol–water partition coefficient (Wildman–Crippen LogP) is 4.13. The van der Waals surface area contributed by atoms with Gasteiger partial charge in [0.05, 0.1) is 6.42 Å². The van der Waals surface area contributed by atoms with Gasteiger partial charge in [-0.05, 0) is 34.7 Å². The van der Waals surface area contributed by atoms with Crippen LogP contribution in [0.25, 0.3) is 10.8 Å². The molecule has 0 heterocycles. The minimum Gasteiger partial charge on any atom is -0.356 e. The highest BCUT2D eigenvalue weighted by atomic mass is 16.1. The van der Waals surface area contributed by atoms with E-state index in [9.17, 15) is 4.79 Å². The highest BCUT2D eigenvalue weighted by Gasteiger charge is 2.04. The number of hydrogen-bond acceptors (Lipinski definition) is 1. The van der Waals surface area contributed by atoms with Crippen LogP contribution in [-0.2, 0) is 17.6 Å². The monoisotopic (exact) mass is 303 g/mol. The van der Waals surface area contributed by atoms with Gasteiger partial charge in [-0.2, -0.15) is 0 Å². The zero-order valence-electron chi connectivity index (χ0n) is 13.2. The third-order valence-corrected chi connectivity index (χ3v) is 3.99. The molecule has 0 fully saturated rings. The van der Waals surface area contributed by atoms with Crippen molar-refractivity contribution in [3.63, 3.8) is 0 Å². The van der Waals surface area contributed by atoms with Crippen LogP contribution in [0.3, 0.4) is 0 Å². The Balaban J connectivity index is 1.46. The fraction of sp³-hybridized carbons (Fsp3) is 0.190. The van der Waals surface area contributed by atoms with E-state index in [0.717, 1.165) is 24.9 Å². The van der Waals surface area contributed by atoms with Gasteiger partial charge in [0.15, 0.2) is 0 Å². The molecule has 3 aromatic rings. The summed E-state index contributed by atoms with van der Waals surface area (Å²) in [5.74, 6) is 0.0911. The van der Waals surface area contributed by atoms with E-state index in [1.807, 2.05) is 36.4 Å². The van der Waals surface area contributed by atoms with E-state index in [2.05, 4.69) is 41.7 Å². The first-order valence-electron chi connectivity index (χ1n) is 8.09. The van der Waals surface area contributed by atoms with Crippen LogP contribution < -0.4 is 5.32 Å². The first-order valence-corrected chi connectivity index (χ1v) is 8.09. The highest BCUT2D eigenvalue weighted by Crippen LogP contribution is 2.15. The van der Waals surface area contributed by atoms with Crippen molar-refractivity contribution in [3.8, 4) is 0 Å². The number of nitrogens with one attached hydrogen (secondary N) is 1. The minimum atomic E-state index is 0.0911. The number of fused-ring (bicyclic) bond motifs is 1. The molecule has 23 heavy (non-hydrogen) atoms. The standard InChI is InChI=1S/C21H21NO/c23-21(22-14-6-9-17-7-2-1-3-8-17)16-18-12-13-19-10-4-5-11-20(19)15-18/h1-5,7-8,10-13,15H,6,9,14,16H2,(H,22,23). The van der Waals surface area contributed by atoms with Gasteiger partial charge >= 0.3 is 0 Å². The molecule has 0 radical (unpaired) electrons. The van der Waals surface area contributed by atoms with Gasteiger partial charge in [-0.25, -0.2) is 0 Å². The van der Waals surface area contributed by atoms with Crippen LogP contribution in [-0.4, -0.2) is 12.5 Å². The highest BCUT2D eigenvalue weighted by molar-refractivity contribution is 5.85. The van der Waals surface area contributed by atoms with E-state index >= 15 is 0 Å². The molecular formula is C21H21NO. The minimum absolute atomic E-state index is 0.0911. The first kappa shape index (κ1) is 15.3. The number of benzene rings is 3. The molecule has 116 valence electrons. The Kier molecular flexibility index (Phi) is 5.05. The molecule has 0 saturated heterocycles. The molecule has 0 aliphatic heterocycles. The van der Waals surface area contributed by atoms with Gasteiger partial charge in [0.1, 0.15) is 0 Å². The van der Waals surface area contributed by atoms with Crippen LogP contribution >= 0.6 is 0 Å². The summed E-state index contributed by atoms with van der Waals surface area (Å²) in [6.07, 6.45) is 2.40. The van der Waals surface area contributed by atoms with Crippen molar-refractivity contribution in [2.45, 2.75) is 19.3 Å². The van der Waals surface area contributed by atoms with Crippen LogP contribution in [0.2, 0.25) is 0 Å². The third kappa shape index (κ3) is 4.43. The number of hydrogen-bond donors (Lipinski definition) is 1. The van der Waals surface area contributed by atoms with Crippen LogP contribution in [0.4, 0.5) is 0 Å². The van der Waals surface area contributed by atoms with Gasteiger partial charge in [0, 0.05) is 6.54 Å². The Morgan fingerprint density at radius 3 is 2.35 bits per heavy atom. The molecule has 0 aliphatic carbocycles. The van der Waals surface area contributed by atoms with E-state index in [1.165, 1.54) is 16.3 Å². The van der Waals surface area contributed by atoms with Crippen LogP contribution in [0.15, 0.2) is 72.8 Å². The van der Waals surface area contributed by atoms with Crippen molar-refractivity contribution in [1.29, 1.82) is 0 Å². The summed E-state index contributed by atoms with van der Waals surface area (Å²) < 4.78 is 0. The molecule has 0 unspecified atom stereocenters. The number of carbonyl (C=O) groups excluding carboxylic acids is 1. The summed E-state index contributed by atoms with van der Waals surface area (Å²) in [6.45, 7) is 0.724. The van der Waals surface area contributed by atoms with Crippen molar-refractivity contribution in [3.05, 3.63) is 83.9 Å². The number of rotatable bonds is 6. The SMILES string of the molecule is O=C(Cc1ccc2ccccc2c1)NCCCc1ccccc1. The fourth-order valence-electron chi connectivity index (χ4n) is 2.76. The van der Waals surface area contributed by atoms with E-state index in [0.29, 0.717) is 6.42 Å². The average molecular weight is 303 g/mol. The molecule has 0 spiro atoms. The fourth-order valence-corrected chi connectivity index (χ4v) is 2.76. The van der Waals surface area contributed by atoms with Crippen molar-refractivity contribution in [1.82, 2.24) is 5.32 Å². The maximum atomic E-state index is 12.0. The van der Waals surface area contributed by atoms with Gasteiger partial charge in [-0.3, -0.25) is 4.79 Å². The molecule has 2 heteroatoms. The lowest BCUT2D eigenvalue weighted by Gasteiger charge is -2.06. The Morgan fingerprint density at radius 2 is 1.52 bits per heavy atom. The zero-order valence-corrected chi connectivity index (χ0v) is 13.2. The topological polar surface area (TPSA) is 29.1 Å². The molecule has 0 bridgehead atoms. The second-order valence-electron chi connectivity index (χ2n) is 5.80. The van der Waals surface area contributed by atoms with E-state index in [-0.39, 0.29) is 5.91 Å². The van der Waals surface area contributed by atoms with Gasteiger partial charge < -0.3 is 5.32 Å². The Labute approximate surface area is 137 Å². The lowest BCUT2D eigenvalue weighted by atomic mass is 10.0. The van der Waals surface area contributed by atoms with Crippen molar-refractivity contribution < 1.29 is 4.79 Å². The summed E-state index contributed by atoms with van der Waals surface area (Å²) >= 11 is 0. The maximum Gasteiger partial charge on any atom is 0.224 e. The van der Waals surface area contributed by atoms with Crippen molar-refractivity contribution in [2.75, 3.05) is 6.54 Å².